The molecule has 4 atom stereocenters. The number of carbonyl (C=O) groups is 4. The smallest absolute Gasteiger partial charge is 0.407 e. The normalized spacial score (nSPS) is 18.8. The Morgan fingerprint density at radius 2 is 1.43 bits per heavy atom. The number of imidazole rings is 2. The molecule has 2 aromatic carbocycles. The molecule has 6 rings (SSSR count). The fraction of sp³-hybridized carbons (Fsp3) is 0.463. The first-order valence-electron chi connectivity index (χ1n) is 19.1. The van der Waals surface area contributed by atoms with Crippen molar-refractivity contribution in [3.05, 3.63) is 71.4 Å². The second kappa shape index (κ2) is 16.6. The van der Waals surface area contributed by atoms with E-state index in [4.69, 9.17) is 19.4 Å². The first kappa shape index (κ1) is 40.1. The van der Waals surface area contributed by atoms with E-state index in [1.54, 1.807) is 11.1 Å². The van der Waals surface area contributed by atoms with Crippen molar-refractivity contribution in [1.82, 2.24) is 40.4 Å². The number of benzene rings is 2. The summed E-state index contributed by atoms with van der Waals surface area (Å²) in [5, 5.41) is 5.42. The Morgan fingerprint density at radius 1 is 0.821 bits per heavy atom. The molecular formula is C41H52N8O6Si. The van der Waals surface area contributed by atoms with Gasteiger partial charge in [-0.25, -0.2) is 19.6 Å². The lowest BCUT2D eigenvalue weighted by atomic mass is 10.0. The molecule has 2 aliphatic heterocycles. The maximum Gasteiger partial charge on any atom is 0.407 e. The Morgan fingerprint density at radius 3 is 2.05 bits per heavy atom. The van der Waals surface area contributed by atoms with Crippen LogP contribution in [0.5, 0.6) is 0 Å². The SMILES string of the molecule is COC(=O)NC(C(=O)N1C[Si](C)(C)CC1c1ncc(-c2ccc(C#Cc3ccc4nc(C5CCCN5C(=O)C(NC(=O)OC)C(C)C)[nH]c4c3)cc2)[nH]1)C(C)C. The fourth-order valence-electron chi connectivity index (χ4n) is 7.61. The van der Waals surface area contributed by atoms with Gasteiger partial charge >= 0.3 is 12.2 Å². The number of likely N-dealkylation sites (tertiary alicyclic amines) is 1. The minimum atomic E-state index is -1.74. The van der Waals surface area contributed by atoms with Gasteiger partial charge in [-0.05, 0) is 66.6 Å². The van der Waals surface area contributed by atoms with Crippen LogP contribution in [-0.4, -0.2) is 101 Å². The lowest BCUT2D eigenvalue weighted by Crippen LogP contribution is -2.52. The van der Waals surface area contributed by atoms with Gasteiger partial charge in [0.15, 0.2) is 0 Å². The van der Waals surface area contributed by atoms with Crippen LogP contribution in [0, 0.1) is 23.7 Å². The molecule has 2 saturated heterocycles. The molecule has 2 fully saturated rings. The Hall–Kier alpha value is -5.62. The average molecular weight is 781 g/mol. The maximum absolute atomic E-state index is 13.8. The Labute approximate surface area is 328 Å². The number of methoxy groups -OCH3 is 2. The van der Waals surface area contributed by atoms with E-state index in [1.807, 2.05) is 75.1 Å². The number of fused-ring (bicyclic) bond motifs is 1. The van der Waals surface area contributed by atoms with Gasteiger partial charge in [-0.2, -0.15) is 0 Å². The molecule has 4 amide bonds. The molecule has 56 heavy (non-hydrogen) atoms. The first-order valence-corrected chi connectivity index (χ1v) is 22.6. The third-order valence-corrected chi connectivity index (χ3v) is 13.3. The molecule has 4 heterocycles. The van der Waals surface area contributed by atoms with Crippen molar-refractivity contribution in [2.45, 2.75) is 83.8 Å². The van der Waals surface area contributed by atoms with Crippen LogP contribution in [0.25, 0.3) is 22.3 Å². The van der Waals surface area contributed by atoms with Crippen LogP contribution < -0.4 is 10.6 Å². The van der Waals surface area contributed by atoms with Crippen molar-refractivity contribution in [2.24, 2.45) is 11.8 Å². The highest BCUT2D eigenvalue weighted by Crippen LogP contribution is 2.38. The highest BCUT2D eigenvalue weighted by atomic mass is 28.3. The van der Waals surface area contributed by atoms with Gasteiger partial charge in [-0.1, -0.05) is 64.8 Å². The Bertz CT molecular complexity index is 2150. The summed E-state index contributed by atoms with van der Waals surface area (Å²) in [6.45, 7) is 12.7. The lowest BCUT2D eigenvalue weighted by Gasteiger charge is -2.30. The number of carbonyl (C=O) groups excluding carboxylic acids is 4. The first-order chi connectivity index (χ1) is 26.7. The monoisotopic (exact) mass is 780 g/mol. The van der Waals surface area contributed by atoms with E-state index < -0.39 is 32.3 Å². The zero-order valence-corrected chi connectivity index (χ0v) is 34.4. The molecule has 2 aliphatic rings. The second-order valence-electron chi connectivity index (χ2n) is 16.1. The van der Waals surface area contributed by atoms with Crippen molar-refractivity contribution in [3.63, 3.8) is 0 Å². The number of alkyl carbamates (subject to hydrolysis) is 2. The van der Waals surface area contributed by atoms with E-state index in [0.717, 1.165) is 58.1 Å². The maximum atomic E-state index is 13.8. The predicted molar refractivity (Wildman–Crippen MR) is 215 cm³/mol. The number of H-pyrrole nitrogens is 2. The standard InChI is InChI=1S/C41H52N8O6Si/c1-24(2)34(46-40(52)54-5)38(50)48-19-9-10-32(48)37-43-29-18-15-27(20-30(29)44-37)12-11-26-13-16-28(17-14-26)31-21-42-36(45-31)33-22-56(7,8)23-49(33)39(51)35(25(3)4)47-41(53)55-6/h13-18,20-21,24-25,32-35H,9-10,19,22-23H2,1-8H3,(H,42,45)(H,43,44)(H,46,52)(H,47,53). The zero-order valence-electron chi connectivity index (χ0n) is 33.4. The third kappa shape index (κ3) is 8.75. The van der Waals surface area contributed by atoms with Gasteiger partial charge in [0.05, 0.1) is 57.3 Å². The molecule has 4 aromatic rings. The van der Waals surface area contributed by atoms with Crippen LogP contribution >= 0.6 is 0 Å². The fourth-order valence-corrected chi connectivity index (χ4v) is 10.5. The molecule has 0 bridgehead atoms. The number of hydrogen-bond donors (Lipinski definition) is 4. The average Bonchev–Trinajstić information content (AvgIpc) is 3.99. The summed E-state index contributed by atoms with van der Waals surface area (Å²) in [6.07, 6.45) is 2.83. The molecular weight excluding hydrogens is 729 g/mol. The highest BCUT2D eigenvalue weighted by Gasteiger charge is 2.46. The lowest BCUT2D eigenvalue weighted by molar-refractivity contribution is -0.136. The molecule has 14 nitrogen and oxygen atoms in total. The number of rotatable bonds is 9. The number of aromatic amines is 2. The zero-order chi connectivity index (χ0) is 40.3. The summed E-state index contributed by atoms with van der Waals surface area (Å²) in [5.41, 5.74) is 5.07. The van der Waals surface area contributed by atoms with Gasteiger partial charge in [-0.3, -0.25) is 9.59 Å². The minimum Gasteiger partial charge on any atom is -0.453 e. The number of aromatic nitrogens is 4. The quantitative estimate of drug-likeness (QED) is 0.120. The van der Waals surface area contributed by atoms with Crippen LogP contribution in [-0.2, 0) is 19.1 Å². The highest BCUT2D eigenvalue weighted by molar-refractivity contribution is 6.78. The van der Waals surface area contributed by atoms with Gasteiger partial charge in [0, 0.05) is 23.8 Å². The Kier molecular flexibility index (Phi) is 11.9. The van der Waals surface area contributed by atoms with Gasteiger partial charge in [0.25, 0.3) is 0 Å². The summed E-state index contributed by atoms with van der Waals surface area (Å²) >= 11 is 0. The van der Waals surface area contributed by atoms with Crippen LogP contribution in [0.1, 0.15) is 75.4 Å². The molecule has 4 N–H and O–H groups in total. The third-order valence-electron chi connectivity index (χ3n) is 10.6. The van der Waals surface area contributed by atoms with E-state index in [2.05, 4.69) is 45.5 Å². The molecule has 0 aliphatic carbocycles. The summed E-state index contributed by atoms with van der Waals surface area (Å²) in [4.78, 5) is 71.5. The molecule has 0 spiro atoms. The van der Waals surface area contributed by atoms with Crippen molar-refractivity contribution >= 4 is 43.1 Å². The van der Waals surface area contributed by atoms with Crippen LogP contribution in [0.4, 0.5) is 9.59 Å². The molecule has 0 radical (unpaired) electrons. The van der Waals surface area contributed by atoms with Gasteiger partial charge < -0.3 is 39.9 Å². The number of nitrogens with one attached hydrogen (secondary N) is 4. The molecule has 296 valence electrons. The van der Waals surface area contributed by atoms with E-state index >= 15 is 0 Å². The van der Waals surface area contributed by atoms with Crippen LogP contribution in [0.15, 0.2) is 48.7 Å². The summed E-state index contributed by atoms with van der Waals surface area (Å²) in [7, 11) is 0.835. The largest absolute Gasteiger partial charge is 0.453 e. The van der Waals surface area contributed by atoms with Crippen molar-refractivity contribution in [2.75, 3.05) is 26.9 Å². The Balaban J connectivity index is 1.14. The van der Waals surface area contributed by atoms with E-state index in [-0.39, 0.29) is 35.7 Å². The number of amides is 4. The van der Waals surface area contributed by atoms with E-state index in [0.29, 0.717) is 18.5 Å². The molecule has 15 heteroatoms. The predicted octanol–water partition coefficient (Wildman–Crippen LogP) is 5.91. The number of ether oxygens (including phenoxy) is 2. The number of hydrogen-bond acceptors (Lipinski definition) is 8. The summed E-state index contributed by atoms with van der Waals surface area (Å²) in [6, 6.07) is 12.8. The van der Waals surface area contributed by atoms with Crippen molar-refractivity contribution < 1.29 is 28.7 Å². The summed E-state index contributed by atoms with van der Waals surface area (Å²) < 4.78 is 9.55. The molecule has 2 aromatic heterocycles. The topological polar surface area (TPSA) is 175 Å². The van der Waals surface area contributed by atoms with Gasteiger partial charge in [0.1, 0.15) is 23.7 Å². The number of nitrogens with zero attached hydrogens (tertiary/aromatic N) is 4. The van der Waals surface area contributed by atoms with Crippen molar-refractivity contribution in [3.8, 4) is 23.1 Å². The summed E-state index contributed by atoms with van der Waals surface area (Å²) in [5.74, 6) is 7.46. The van der Waals surface area contributed by atoms with Gasteiger partial charge in [-0.15, -0.1) is 0 Å². The molecule has 0 saturated carbocycles. The molecule has 4 unspecified atom stereocenters. The van der Waals surface area contributed by atoms with Crippen LogP contribution in [0.2, 0.25) is 19.1 Å². The minimum absolute atomic E-state index is 0.113. The van der Waals surface area contributed by atoms with Crippen molar-refractivity contribution in [1.29, 1.82) is 0 Å². The van der Waals surface area contributed by atoms with Gasteiger partial charge in [0.2, 0.25) is 11.8 Å². The van der Waals surface area contributed by atoms with E-state index in [9.17, 15) is 19.2 Å². The van der Waals surface area contributed by atoms with E-state index in [1.165, 1.54) is 14.2 Å². The van der Waals surface area contributed by atoms with Crippen LogP contribution in [0.3, 0.4) is 0 Å². The second-order valence-corrected chi connectivity index (χ2v) is 21.2.